The average Bonchev–Trinajstić information content (AvgIpc) is 2.47. The summed E-state index contributed by atoms with van der Waals surface area (Å²) in [6, 6.07) is 11.3. The standard InChI is InChI=1S/C16H14F3NO2/c1-22-14-4-2-3-11(9-14)10-15(21)20-13-7-5-12(6-8-13)16(17,18)19/h2-9H,10H2,1H3,(H,20,21). The van der Waals surface area contributed by atoms with E-state index in [4.69, 9.17) is 4.74 Å². The fraction of sp³-hybridized carbons (Fsp3) is 0.188. The highest BCUT2D eigenvalue weighted by Crippen LogP contribution is 2.29. The number of alkyl halides is 3. The van der Waals surface area contributed by atoms with Crippen LogP contribution in [0, 0.1) is 0 Å². The molecule has 0 aliphatic rings. The molecule has 0 aromatic heterocycles. The molecule has 1 N–H and O–H groups in total. The molecule has 0 saturated heterocycles. The van der Waals surface area contributed by atoms with E-state index in [-0.39, 0.29) is 12.3 Å². The SMILES string of the molecule is COc1cccc(CC(=O)Nc2ccc(C(F)(F)F)cc2)c1. The Hall–Kier alpha value is -2.50. The molecule has 6 heteroatoms. The number of nitrogens with one attached hydrogen (secondary N) is 1. The first-order chi connectivity index (χ1) is 10.4. The molecular formula is C16H14F3NO2. The number of halogens is 3. The first-order valence-electron chi connectivity index (χ1n) is 6.48. The summed E-state index contributed by atoms with van der Waals surface area (Å²) >= 11 is 0. The van der Waals surface area contributed by atoms with Crippen LogP contribution < -0.4 is 10.1 Å². The van der Waals surface area contributed by atoms with Crippen LogP contribution >= 0.6 is 0 Å². The third kappa shape index (κ3) is 4.25. The third-order valence-electron chi connectivity index (χ3n) is 2.99. The second-order valence-corrected chi connectivity index (χ2v) is 4.65. The lowest BCUT2D eigenvalue weighted by molar-refractivity contribution is -0.137. The van der Waals surface area contributed by atoms with Gasteiger partial charge in [0.05, 0.1) is 19.1 Å². The number of amides is 1. The second-order valence-electron chi connectivity index (χ2n) is 4.65. The van der Waals surface area contributed by atoms with E-state index in [1.807, 2.05) is 0 Å². The lowest BCUT2D eigenvalue weighted by Crippen LogP contribution is -2.14. The van der Waals surface area contributed by atoms with E-state index in [9.17, 15) is 18.0 Å². The molecule has 2 aromatic rings. The minimum absolute atomic E-state index is 0.109. The lowest BCUT2D eigenvalue weighted by Gasteiger charge is -2.09. The van der Waals surface area contributed by atoms with Crippen LogP contribution in [0.4, 0.5) is 18.9 Å². The van der Waals surface area contributed by atoms with Gasteiger partial charge in [0.1, 0.15) is 5.75 Å². The van der Waals surface area contributed by atoms with Crippen molar-refractivity contribution in [2.75, 3.05) is 12.4 Å². The summed E-state index contributed by atoms with van der Waals surface area (Å²) in [7, 11) is 1.53. The van der Waals surface area contributed by atoms with E-state index in [0.717, 1.165) is 17.7 Å². The maximum Gasteiger partial charge on any atom is 0.416 e. The molecular weight excluding hydrogens is 295 g/mol. The maximum atomic E-state index is 12.4. The fourth-order valence-corrected chi connectivity index (χ4v) is 1.92. The topological polar surface area (TPSA) is 38.3 Å². The Bertz CT molecular complexity index is 651. The van der Waals surface area contributed by atoms with Crippen molar-refractivity contribution in [1.82, 2.24) is 0 Å². The Morgan fingerprint density at radius 1 is 1.14 bits per heavy atom. The number of hydrogen-bond acceptors (Lipinski definition) is 2. The second kappa shape index (κ2) is 6.51. The van der Waals surface area contributed by atoms with Crippen molar-refractivity contribution in [1.29, 1.82) is 0 Å². The Labute approximate surface area is 125 Å². The predicted molar refractivity (Wildman–Crippen MR) is 76.8 cm³/mol. The van der Waals surface area contributed by atoms with Gasteiger partial charge in [-0.15, -0.1) is 0 Å². The number of ether oxygens (including phenoxy) is 1. The van der Waals surface area contributed by atoms with Crippen LogP contribution in [-0.4, -0.2) is 13.0 Å². The quantitative estimate of drug-likeness (QED) is 0.930. The van der Waals surface area contributed by atoms with Gasteiger partial charge in [0.2, 0.25) is 5.91 Å². The zero-order chi connectivity index (χ0) is 16.2. The molecule has 0 unspecified atom stereocenters. The van der Waals surface area contributed by atoms with Gasteiger partial charge in [-0.3, -0.25) is 4.79 Å². The first kappa shape index (κ1) is 15.9. The van der Waals surface area contributed by atoms with Crippen molar-refractivity contribution in [3.8, 4) is 5.75 Å². The van der Waals surface area contributed by atoms with Gasteiger partial charge >= 0.3 is 6.18 Å². The van der Waals surface area contributed by atoms with Crippen LogP contribution in [0.3, 0.4) is 0 Å². The lowest BCUT2D eigenvalue weighted by atomic mass is 10.1. The summed E-state index contributed by atoms with van der Waals surface area (Å²) in [5, 5.41) is 2.56. The molecule has 0 heterocycles. The summed E-state index contributed by atoms with van der Waals surface area (Å²) in [4.78, 5) is 11.9. The summed E-state index contributed by atoms with van der Waals surface area (Å²) in [6.45, 7) is 0. The van der Waals surface area contributed by atoms with Crippen molar-refractivity contribution < 1.29 is 22.7 Å². The number of benzene rings is 2. The van der Waals surface area contributed by atoms with Crippen LogP contribution in [0.2, 0.25) is 0 Å². The monoisotopic (exact) mass is 309 g/mol. The van der Waals surface area contributed by atoms with Crippen molar-refractivity contribution >= 4 is 11.6 Å². The molecule has 0 radical (unpaired) electrons. The molecule has 1 amide bonds. The Kier molecular flexibility index (Phi) is 4.70. The molecule has 0 aliphatic carbocycles. The van der Waals surface area contributed by atoms with Crippen molar-refractivity contribution in [2.45, 2.75) is 12.6 Å². The molecule has 0 saturated carbocycles. The van der Waals surface area contributed by atoms with Crippen molar-refractivity contribution in [3.63, 3.8) is 0 Å². The number of methoxy groups -OCH3 is 1. The van der Waals surface area contributed by atoms with Crippen molar-refractivity contribution in [2.24, 2.45) is 0 Å². The van der Waals surface area contributed by atoms with Crippen LogP contribution in [0.1, 0.15) is 11.1 Å². The van der Waals surface area contributed by atoms with Crippen LogP contribution in [-0.2, 0) is 17.4 Å². The summed E-state index contributed by atoms with van der Waals surface area (Å²) in [5.74, 6) is 0.327. The zero-order valence-electron chi connectivity index (χ0n) is 11.8. The minimum Gasteiger partial charge on any atom is -0.497 e. The van der Waals surface area contributed by atoms with E-state index in [2.05, 4.69) is 5.32 Å². The van der Waals surface area contributed by atoms with E-state index < -0.39 is 11.7 Å². The molecule has 0 bridgehead atoms. The van der Waals surface area contributed by atoms with Gasteiger partial charge in [0, 0.05) is 5.69 Å². The highest BCUT2D eigenvalue weighted by Gasteiger charge is 2.29. The van der Waals surface area contributed by atoms with Crippen LogP contribution in [0.25, 0.3) is 0 Å². The van der Waals surface area contributed by atoms with Gasteiger partial charge < -0.3 is 10.1 Å². The molecule has 0 aliphatic heterocycles. The van der Waals surface area contributed by atoms with Gasteiger partial charge in [-0.2, -0.15) is 13.2 Å². The number of carbonyl (C=O) groups excluding carboxylic acids is 1. The van der Waals surface area contributed by atoms with Crippen LogP contribution in [0.15, 0.2) is 48.5 Å². The number of rotatable bonds is 4. The number of hydrogen-bond donors (Lipinski definition) is 1. The average molecular weight is 309 g/mol. The minimum atomic E-state index is -4.39. The number of carbonyl (C=O) groups is 1. The molecule has 22 heavy (non-hydrogen) atoms. The van der Waals surface area contributed by atoms with Gasteiger partial charge in [-0.1, -0.05) is 12.1 Å². The molecule has 2 aromatic carbocycles. The smallest absolute Gasteiger partial charge is 0.416 e. The van der Waals surface area contributed by atoms with Crippen LogP contribution in [0.5, 0.6) is 5.75 Å². The first-order valence-corrected chi connectivity index (χ1v) is 6.48. The molecule has 116 valence electrons. The highest BCUT2D eigenvalue weighted by atomic mass is 19.4. The largest absolute Gasteiger partial charge is 0.497 e. The summed E-state index contributed by atoms with van der Waals surface area (Å²) < 4.78 is 42.4. The Morgan fingerprint density at radius 2 is 1.82 bits per heavy atom. The van der Waals surface area contributed by atoms with Gasteiger partial charge in [-0.25, -0.2) is 0 Å². The molecule has 2 rings (SSSR count). The zero-order valence-corrected chi connectivity index (χ0v) is 11.8. The van der Waals surface area contributed by atoms with Crippen molar-refractivity contribution in [3.05, 3.63) is 59.7 Å². The van der Waals surface area contributed by atoms with Gasteiger partial charge in [0.25, 0.3) is 0 Å². The van der Waals surface area contributed by atoms with E-state index in [0.29, 0.717) is 11.4 Å². The van der Waals surface area contributed by atoms with E-state index in [1.54, 1.807) is 24.3 Å². The summed E-state index contributed by atoms with van der Waals surface area (Å²) in [5.41, 5.74) is 0.322. The highest BCUT2D eigenvalue weighted by molar-refractivity contribution is 5.92. The molecule has 3 nitrogen and oxygen atoms in total. The maximum absolute atomic E-state index is 12.4. The van der Waals surface area contributed by atoms with E-state index >= 15 is 0 Å². The normalized spacial score (nSPS) is 11.1. The number of anilines is 1. The van der Waals surface area contributed by atoms with Gasteiger partial charge in [-0.05, 0) is 42.0 Å². The Balaban J connectivity index is 1.99. The van der Waals surface area contributed by atoms with E-state index in [1.165, 1.54) is 19.2 Å². The summed E-state index contributed by atoms with van der Waals surface area (Å²) in [6.07, 6.45) is -4.28. The molecule has 0 fully saturated rings. The molecule has 0 spiro atoms. The van der Waals surface area contributed by atoms with Gasteiger partial charge in [0.15, 0.2) is 0 Å². The predicted octanol–water partition coefficient (Wildman–Crippen LogP) is 3.90. The molecule has 0 atom stereocenters. The fourth-order valence-electron chi connectivity index (χ4n) is 1.92. The Morgan fingerprint density at radius 3 is 2.41 bits per heavy atom. The third-order valence-corrected chi connectivity index (χ3v) is 2.99.